The van der Waals surface area contributed by atoms with Crippen LogP contribution in [0.3, 0.4) is 0 Å². The lowest BCUT2D eigenvalue weighted by Crippen LogP contribution is -2.03. The number of fused-ring (bicyclic) bond motifs is 1. The maximum atomic E-state index is 5.97. The van der Waals surface area contributed by atoms with Crippen LogP contribution in [0.2, 0.25) is 5.28 Å². The van der Waals surface area contributed by atoms with Crippen LogP contribution in [0.1, 0.15) is 5.56 Å². The Labute approximate surface area is 130 Å². The molecule has 0 atom stereocenters. The Balaban J connectivity index is 1.96. The van der Waals surface area contributed by atoms with Crippen molar-refractivity contribution in [2.24, 2.45) is 0 Å². The van der Waals surface area contributed by atoms with Crippen molar-refractivity contribution >= 4 is 44.3 Å². The van der Waals surface area contributed by atoms with Crippen molar-refractivity contribution in [3.05, 3.63) is 63.9 Å². The molecule has 1 N–H and O–H groups in total. The number of halogens is 2. The van der Waals surface area contributed by atoms with Crippen LogP contribution in [-0.2, 0) is 6.54 Å². The smallest absolute Gasteiger partial charge is 0.224 e. The quantitative estimate of drug-likeness (QED) is 0.700. The van der Waals surface area contributed by atoms with E-state index >= 15 is 0 Å². The predicted molar refractivity (Wildman–Crippen MR) is 86.0 cm³/mol. The number of rotatable bonds is 3. The standard InChI is InChI=1S/C15H11BrClN3/c16-11-6-7-13-12(8-11)14(20-15(17)19-13)18-9-10-4-2-1-3-5-10/h1-8H,9H2,(H,18,19,20). The third-order valence-electron chi connectivity index (χ3n) is 2.93. The Bertz CT molecular complexity index is 747. The molecular formula is C15H11BrClN3. The summed E-state index contributed by atoms with van der Waals surface area (Å²) in [5.74, 6) is 0.741. The Kier molecular flexibility index (Phi) is 3.85. The third kappa shape index (κ3) is 2.92. The van der Waals surface area contributed by atoms with Gasteiger partial charge in [-0.25, -0.2) is 9.97 Å². The molecule has 0 aliphatic carbocycles. The minimum Gasteiger partial charge on any atom is -0.365 e. The highest BCUT2D eigenvalue weighted by atomic mass is 79.9. The van der Waals surface area contributed by atoms with Gasteiger partial charge in [-0.15, -0.1) is 0 Å². The molecular weight excluding hydrogens is 338 g/mol. The van der Waals surface area contributed by atoms with Gasteiger partial charge in [-0.2, -0.15) is 0 Å². The summed E-state index contributed by atoms with van der Waals surface area (Å²) in [6.07, 6.45) is 0. The molecule has 1 heterocycles. The van der Waals surface area contributed by atoms with Crippen molar-refractivity contribution in [2.75, 3.05) is 5.32 Å². The zero-order valence-corrected chi connectivity index (χ0v) is 12.8. The van der Waals surface area contributed by atoms with Crippen molar-refractivity contribution in [1.29, 1.82) is 0 Å². The number of benzene rings is 2. The van der Waals surface area contributed by atoms with Gasteiger partial charge in [0.15, 0.2) is 0 Å². The van der Waals surface area contributed by atoms with E-state index in [-0.39, 0.29) is 5.28 Å². The van der Waals surface area contributed by atoms with Gasteiger partial charge in [0.05, 0.1) is 5.52 Å². The number of nitrogens with zero attached hydrogens (tertiary/aromatic N) is 2. The minimum absolute atomic E-state index is 0.246. The Hall–Kier alpha value is -1.65. The van der Waals surface area contributed by atoms with E-state index in [2.05, 4.69) is 43.3 Å². The van der Waals surface area contributed by atoms with Gasteiger partial charge < -0.3 is 5.32 Å². The Morgan fingerprint density at radius 3 is 2.65 bits per heavy atom. The second kappa shape index (κ2) is 5.77. The lowest BCUT2D eigenvalue weighted by molar-refractivity contribution is 1.10. The van der Waals surface area contributed by atoms with Gasteiger partial charge in [-0.3, -0.25) is 0 Å². The predicted octanol–water partition coefficient (Wildman–Crippen LogP) is 4.66. The molecule has 1 aromatic heterocycles. The molecule has 3 aromatic rings. The average Bonchev–Trinajstić information content (AvgIpc) is 2.46. The van der Waals surface area contributed by atoms with Crippen LogP contribution in [0.5, 0.6) is 0 Å². The highest BCUT2D eigenvalue weighted by Crippen LogP contribution is 2.25. The average molecular weight is 349 g/mol. The maximum Gasteiger partial charge on any atom is 0.224 e. The summed E-state index contributed by atoms with van der Waals surface area (Å²) in [6.45, 7) is 0.690. The first-order valence-electron chi connectivity index (χ1n) is 6.13. The largest absolute Gasteiger partial charge is 0.365 e. The fourth-order valence-corrected chi connectivity index (χ4v) is 2.53. The number of aromatic nitrogens is 2. The van der Waals surface area contributed by atoms with Crippen molar-refractivity contribution in [3.8, 4) is 0 Å². The number of hydrogen-bond acceptors (Lipinski definition) is 3. The second-order valence-corrected chi connectivity index (χ2v) is 5.60. The number of nitrogens with one attached hydrogen (secondary N) is 1. The second-order valence-electron chi connectivity index (χ2n) is 4.34. The summed E-state index contributed by atoms with van der Waals surface area (Å²) < 4.78 is 0.985. The van der Waals surface area contributed by atoms with Gasteiger partial charge in [-0.1, -0.05) is 46.3 Å². The molecule has 3 rings (SSSR count). The van der Waals surface area contributed by atoms with E-state index in [4.69, 9.17) is 11.6 Å². The zero-order chi connectivity index (χ0) is 13.9. The van der Waals surface area contributed by atoms with Crippen LogP contribution >= 0.6 is 27.5 Å². The summed E-state index contributed by atoms with van der Waals surface area (Å²) in [4.78, 5) is 8.51. The van der Waals surface area contributed by atoms with Gasteiger partial charge in [0.1, 0.15) is 5.82 Å². The van der Waals surface area contributed by atoms with Gasteiger partial charge in [0.25, 0.3) is 0 Å². The summed E-state index contributed by atoms with van der Waals surface area (Å²) in [5.41, 5.74) is 2.01. The molecule has 0 amide bonds. The SMILES string of the molecule is Clc1nc(NCc2ccccc2)c2cc(Br)ccc2n1. The Morgan fingerprint density at radius 2 is 1.85 bits per heavy atom. The van der Waals surface area contributed by atoms with E-state index in [9.17, 15) is 0 Å². The van der Waals surface area contributed by atoms with Crippen LogP contribution < -0.4 is 5.32 Å². The molecule has 100 valence electrons. The number of hydrogen-bond donors (Lipinski definition) is 1. The third-order valence-corrected chi connectivity index (χ3v) is 3.60. The van der Waals surface area contributed by atoms with Gasteiger partial charge >= 0.3 is 0 Å². The van der Waals surface area contributed by atoms with Crippen molar-refractivity contribution in [2.45, 2.75) is 6.54 Å². The molecule has 0 fully saturated rings. The summed E-state index contributed by atoms with van der Waals surface area (Å²) >= 11 is 9.44. The molecule has 0 unspecified atom stereocenters. The molecule has 3 nitrogen and oxygen atoms in total. The van der Waals surface area contributed by atoms with Gasteiger partial charge in [0, 0.05) is 16.4 Å². The van der Waals surface area contributed by atoms with E-state index in [0.29, 0.717) is 6.54 Å². The summed E-state index contributed by atoms with van der Waals surface area (Å²) in [6, 6.07) is 16.0. The first-order chi connectivity index (χ1) is 9.72. The highest BCUT2D eigenvalue weighted by molar-refractivity contribution is 9.10. The minimum atomic E-state index is 0.246. The van der Waals surface area contributed by atoms with Crippen LogP contribution in [0.15, 0.2) is 53.0 Å². The fourth-order valence-electron chi connectivity index (χ4n) is 1.99. The van der Waals surface area contributed by atoms with Crippen molar-refractivity contribution in [3.63, 3.8) is 0 Å². The molecule has 0 bridgehead atoms. The van der Waals surface area contributed by atoms with Crippen LogP contribution in [0.25, 0.3) is 10.9 Å². The van der Waals surface area contributed by atoms with E-state index in [1.165, 1.54) is 5.56 Å². The lowest BCUT2D eigenvalue weighted by Gasteiger charge is -2.09. The maximum absolute atomic E-state index is 5.97. The fraction of sp³-hybridized carbons (Fsp3) is 0.0667. The van der Waals surface area contributed by atoms with E-state index < -0.39 is 0 Å². The zero-order valence-electron chi connectivity index (χ0n) is 10.5. The summed E-state index contributed by atoms with van der Waals surface area (Å²) in [7, 11) is 0. The topological polar surface area (TPSA) is 37.8 Å². The monoisotopic (exact) mass is 347 g/mol. The molecule has 0 aliphatic rings. The summed E-state index contributed by atoms with van der Waals surface area (Å²) in [5, 5.41) is 4.51. The van der Waals surface area contributed by atoms with Crippen molar-refractivity contribution < 1.29 is 0 Å². The highest BCUT2D eigenvalue weighted by Gasteiger charge is 2.07. The molecule has 0 saturated carbocycles. The van der Waals surface area contributed by atoms with Gasteiger partial charge in [0.2, 0.25) is 5.28 Å². The van der Waals surface area contributed by atoms with Crippen LogP contribution in [0, 0.1) is 0 Å². The molecule has 0 spiro atoms. The van der Waals surface area contributed by atoms with E-state index in [1.807, 2.05) is 36.4 Å². The Morgan fingerprint density at radius 1 is 1.05 bits per heavy atom. The molecule has 5 heteroatoms. The van der Waals surface area contributed by atoms with E-state index in [1.54, 1.807) is 0 Å². The first kappa shape index (κ1) is 13.3. The first-order valence-corrected chi connectivity index (χ1v) is 7.30. The van der Waals surface area contributed by atoms with Crippen molar-refractivity contribution in [1.82, 2.24) is 9.97 Å². The van der Waals surface area contributed by atoms with Crippen LogP contribution in [0.4, 0.5) is 5.82 Å². The lowest BCUT2D eigenvalue weighted by atomic mass is 10.2. The molecule has 0 saturated heterocycles. The van der Waals surface area contributed by atoms with E-state index in [0.717, 1.165) is 21.2 Å². The van der Waals surface area contributed by atoms with Gasteiger partial charge in [-0.05, 0) is 35.4 Å². The normalized spacial score (nSPS) is 10.7. The molecule has 2 aromatic carbocycles. The molecule has 20 heavy (non-hydrogen) atoms. The molecule has 0 radical (unpaired) electrons. The van der Waals surface area contributed by atoms with Crippen LogP contribution in [-0.4, -0.2) is 9.97 Å². The number of anilines is 1. The molecule has 0 aliphatic heterocycles.